The van der Waals surface area contributed by atoms with Crippen LogP contribution in [-0.4, -0.2) is 19.9 Å². The van der Waals surface area contributed by atoms with Crippen molar-refractivity contribution in [2.45, 2.75) is 0 Å². The first kappa shape index (κ1) is 10.1. The van der Waals surface area contributed by atoms with E-state index in [0.29, 0.717) is 11.7 Å². The number of hydrogen-bond acceptors (Lipinski definition) is 5. The van der Waals surface area contributed by atoms with Gasteiger partial charge in [-0.1, -0.05) is 0 Å². The van der Waals surface area contributed by atoms with Gasteiger partial charge in [0.1, 0.15) is 17.7 Å². The number of nitrogens with two attached hydrogens (primary N) is 1. The van der Waals surface area contributed by atoms with Gasteiger partial charge in [0, 0.05) is 17.0 Å². The second-order valence-corrected chi connectivity index (χ2v) is 4.24. The van der Waals surface area contributed by atoms with Crippen molar-refractivity contribution in [2.24, 2.45) is 0 Å². The zero-order valence-corrected chi connectivity index (χ0v) is 9.79. The Balaban J connectivity index is 2.06. The predicted octanol–water partition coefficient (Wildman–Crippen LogP) is 2.35. The zero-order valence-electron chi connectivity index (χ0n) is 9.79. The number of oxazole rings is 1. The molecule has 0 fully saturated rings. The van der Waals surface area contributed by atoms with Crippen molar-refractivity contribution in [3.63, 3.8) is 0 Å². The van der Waals surface area contributed by atoms with Crippen LogP contribution in [0.1, 0.15) is 0 Å². The number of nitrogens with one attached hydrogen (secondary N) is 1. The number of nitrogen functional groups attached to an aromatic ring is 1. The monoisotopic (exact) mass is 251 g/mol. The number of nitrogens with zero attached hydrogens (tertiary/aromatic N) is 3. The summed E-state index contributed by atoms with van der Waals surface area (Å²) in [7, 11) is 0. The molecule has 0 aliphatic heterocycles. The minimum atomic E-state index is 0.481. The third-order valence-corrected chi connectivity index (χ3v) is 3.04. The molecular formula is C13H9N5O. The topological polar surface area (TPSA) is 93.6 Å². The van der Waals surface area contributed by atoms with Crippen molar-refractivity contribution in [2.75, 3.05) is 5.73 Å². The summed E-state index contributed by atoms with van der Waals surface area (Å²) in [6, 6.07) is 3.81. The lowest BCUT2D eigenvalue weighted by Crippen LogP contribution is -1.87. The van der Waals surface area contributed by atoms with Crippen molar-refractivity contribution in [1.82, 2.24) is 19.9 Å². The van der Waals surface area contributed by atoms with E-state index >= 15 is 0 Å². The Labute approximate surface area is 107 Å². The van der Waals surface area contributed by atoms with Gasteiger partial charge in [-0.05, 0) is 12.1 Å². The van der Waals surface area contributed by atoms with Gasteiger partial charge in [-0.2, -0.15) is 0 Å². The van der Waals surface area contributed by atoms with Crippen LogP contribution in [0.4, 0.5) is 5.82 Å². The van der Waals surface area contributed by atoms with Crippen LogP contribution in [0.25, 0.3) is 33.4 Å². The van der Waals surface area contributed by atoms with Gasteiger partial charge >= 0.3 is 0 Å². The first-order valence-corrected chi connectivity index (χ1v) is 5.74. The number of H-pyrrole nitrogens is 1. The third kappa shape index (κ3) is 1.46. The number of aromatic nitrogens is 4. The minimum absolute atomic E-state index is 0.481. The van der Waals surface area contributed by atoms with Crippen LogP contribution >= 0.6 is 0 Å². The average molecular weight is 251 g/mol. The molecule has 4 rings (SSSR count). The fourth-order valence-corrected chi connectivity index (χ4v) is 2.17. The van der Waals surface area contributed by atoms with E-state index in [1.54, 1.807) is 18.6 Å². The normalized spacial score (nSPS) is 11.4. The van der Waals surface area contributed by atoms with Crippen LogP contribution in [0.15, 0.2) is 41.4 Å². The molecule has 4 heterocycles. The number of pyridine rings is 2. The van der Waals surface area contributed by atoms with Crippen LogP contribution in [0.5, 0.6) is 0 Å². The quantitative estimate of drug-likeness (QED) is 0.541. The van der Waals surface area contributed by atoms with Crippen LogP contribution in [0.3, 0.4) is 0 Å². The lowest BCUT2D eigenvalue weighted by Gasteiger charge is -1.96. The summed E-state index contributed by atoms with van der Waals surface area (Å²) in [6.45, 7) is 0. The molecule has 0 atom stereocenters. The van der Waals surface area contributed by atoms with Gasteiger partial charge in [-0.3, -0.25) is 0 Å². The Kier molecular flexibility index (Phi) is 1.88. The maximum absolute atomic E-state index is 5.73. The van der Waals surface area contributed by atoms with Crippen molar-refractivity contribution in [1.29, 1.82) is 0 Å². The summed E-state index contributed by atoms with van der Waals surface area (Å²) in [5, 5.41) is 1.96. The first-order valence-electron chi connectivity index (χ1n) is 5.74. The Morgan fingerprint density at radius 1 is 1.05 bits per heavy atom. The molecule has 3 N–H and O–H groups in total. The van der Waals surface area contributed by atoms with E-state index in [2.05, 4.69) is 19.9 Å². The summed E-state index contributed by atoms with van der Waals surface area (Å²) in [5.41, 5.74) is 8.25. The van der Waals surface area contributed by atoms with Gasteiger partial charge in [-0.15, -0.1) is 0 Å². The summed E-state index contributed by atoms with van der Waals surface area (Å²) in [5.74, 6) is 1.03. The lowest BCUT2D eigenvalue weighted by atomic mass is 10.2. The van der Waals surface area contributed by atoms with E-state index in [4.69, 9.17) is 10.2 Å². The molecule has 0 saturated heterocycles. The van der Waals surface area contributed by atoms with Crippen molar-refractivity contribution in [3.8, 4) is 11.5 Å². The summed E-state index contributed by atoms with van der Waals surface area (Å²) >= 11 is 0. The number of hydrogen-bond donors (Lipinski definition) is 2. The minimum Gasteiger partial charge on any atom is -0.444 e. The smallest absolute Gasteiger partial charge is 0.227 e. The molecule has 0 aliphatic rings. The molecule has 4 aromatic rings. The first-order chi connectivity index (χ1) is 9.31. The van der Waals surface area contributed by atoms with E-state index < -0.39 is 0 Å². The molecule has 0 amide bonds. The fraction of sp³-hybridized carbons (Fsp3) is 0. The SMILES string of the molecule is Nc1cc2c(cn1)[nH]c1ncc(-c3ncco3)cc12. The van der Waals surface area contributed by atoms with Gasteiger partial charge in [0.15, 0.2) is 0 Å². The van der Waals surface area contributed by atoms with E-state index in [1.165, 1.54) is 6.26 Å². The highest BCUT2D eigenvalue weighted by Crippen LogP contribution is 2.28. The predicted molar refractivity (Wildman–Crippen MR) is 71.3 cm³/mol. The fourth-order valence-electron chi connectivity index (χ4n) is 2.17. The highest BCUT2D eigenvalue weighted by atomic mass is 16.3. The van der Waals surface area contributed by atoms with Crippen LogP contribution in [0, 0.1) is 0 Å². The van der Waals surface area contributed by atoms with E-state index in [1.807, 2.05) is 12.1 Å². The van der Waals surface area contributed by atoms with Gasteiger partial charge in [0.05, 0.1) is 23.5 Å². The summed E-state index contributed by atoms with van der Waals surface area (Å²) in [6.07, 6.45) is 6.57. The average Bonchev–Trinajstić information content (AvgIpc) is 3.05. The Hall–Kier alpha value is -2.89. The Morgan fingerprint density at radius 3 is 2.84 bits per heavy atom. The molecule has 0 aliphatic carbocycles. The van der Waals surface area contributed by atoms with Crippen LogP contribution < -0.4 is 5.73 Å². The molecule has 6 heteroatoms. The molecule has 0 bridgehead atoms. The Bertz CT molecular complexity index is 879. The standard InChI is InChI=1S/C13H9N5O/c14-11-4-8-9-3-7(13-15-1-2-19-13)5-17-12(9)18-10(8)6-16-11/h1-6H,(H2,14,16)(H,17,18). The molecule has 0 unspecified atom stereocenters. The number of aromatic amines is 1. The number of rotatable bonds is 1. The maximum atomic E-state index is 5.73. The van der Waals surface area contributed by atoms with Crippen molar-refractivity contribution in [3.05, 3.63) is 37.0 Å². The highest BCUT2D eigenvalue weighted by Gasteiger charge is 2.10. The van der Waals surface area contributed by atoms with Crippen molar-refractivity contribution >= 4 is 27.8 Å². The molecule has 0 saturated carbocycles. The molecule has 0 aromatic carbocycles. The molecule has 92 valence electrons. The van der Waals surface area contributed by atoms with Gasteiger partial charge in [0.25, 0.3) is 0 Å². The van der Waals surface area contributed by atoms with Gasteiger partial charge in [0.2, 0.25) is 5.89 Å². The van der Waals surface area contributed by atoms with Gasteiger partial charge < -0.3 is 15.1 Å². The molecule has 6 nitrogen and oxygen atoms in total. The molecule has 19 heavy (non-hydrogen) atoms. The lowest BCUT2D eigenvalue weighted by molar-refractivity contribution is 0.574. The number of anilines is 1. The summed E-state index contributed by atoms with van der Waals surface area (Å²) < 4.78 is 5.28. The maximum Gasteiger partial charge on any atom is 0.227 e. The second kappa shape index (κ2) is 3.55. The summed E-state index contributed by atoms with van der Waals surface area (Å²) in [4.78, 5) is 15.8. The van der Waals surface area contributed by atoms with Crippen LogP contribution in [-0.2, 0) is 0 Å². The van der Waals surface area contributed by atoms with Crippen molar-refractivity contribution < 1.29 is 4.42 Å². The van der Waals surface area contributed by atoms with Gasteiger partial charge in [-0.25, -0.2) is 15.0 Å². The Morgan fingerprint density at radius 2 is 2.00 bits per heavy atom. The van der Waals surface area contributed by atoms with E-state index in [9.17, 15) is 0 Å². The third-order valence-electron chi connectivity index (χ3n) is 3.04. The zero-order chi connectivity index (χ0) is 12.8. The molecule has 4 aromatic heterocycles. The molecular weight excluding hydrogens is 242 g/mol. The molecule has 0 radical (unpaired) electrons. The largest absolute Gasteiger partial charge is 0.444 e. The number of fused-ring (bicyclic) bond motifs is 3. The highest BCUT2D eigenvalue weighted by molar-refractivity contribution is 6.07. The second-order valence-electron chi connectivity index (χ2n) is 4.24. The molecule has 0 spiro atoms. The van der Waals surface area contributed by atoms with E-state index in [-0.39, 0.29) is 0 Å². The van der Waals surface area contributed by atoms with Crippen LogP contribution in [0.2, 0.25) is 0 Å². The van der Waals surface area contributed by atoms with E-state index in [0.717, 1.165) is 27.5 Å².